The van der Waals surface area contributed by atoms with E-state index in [1.54, 1.807) is 13.2 Å². The maximum absolute atomic E-state index is 10.8. The molecular weight excluding hydrogens is 376 g/mol. The number of methoxy groups -OCH3 is 1. The molecule has 0 radical (unpaired) electrons. The molecule has 3 aromatic carbocycles. The zero-order valence-corrected chi connectivity index (χ0v) is 16.8. The van der Waals surface area contributed by atoms with Crippen LogP contribution in [0.3, 0.4) is 0 Å². The first-order chi connectivity index (χ1) is 14.7. The van der Waals surface area contributed by atoms with E-state index in [1.165, 1.54) is 0 Å². The molecule has 0 saturated heterocycles. The normalized spacial score (nSPS) is 11.1. The molecule has 0 spiro atoms. The molecule has 0 aliphatic rings. The number of carbonyl (C=O) groups is 1. The molecular formula is C26H24O4. The van der Waals surface area contributed by atoms with Crippen LogP contribution in [0.15, 0.2) is 84.9 Å². The number of benzene rings is 3. The number of rotatable bonds is 9. The third-order valence-electron chi connectivity index (χ3n) is 4.53. The fourth-order valence-corrected chi connectivity index (χ4v) is 3.01. The van der Waals surface area contributed by atoms with E-state index < -0.39 is 5.97 Å². The van der Waals surface area contributed by atoms with Crippen LogP contribution in [-0.4, -0.2) is 18.2 Å². The van der Waals surface area contributed by atoms with E-state index in [-0.39, 0.29) is 0 Å². The smallest absolute Gasteiger partial charge is 0.328 e. The summed E-state index contributed by atoms with van der Waals surface area (Å²) in [5.41, 5.74) is 4.05. The fraction of sp³-hybridized carbons (Fsp3) is 0.115. The minimum Gasteiger partial charge on any atom is -0.493 e. The van der Waals surface area contributed by atoms with Crippen molar-refractivity contribution in [1.82, 2.24) is 0 Å². The Morgan fingerprint density at radius 3 is 2.47 bits per heavy atom. The van der Waals surface area contributed by atoms with Crippen LogP contribution in [0.5, 0.6) is 11.5 Å². The van der Waals surface area contributed by atoms with Crippen molar-refractivity contribution in [1.29, 1.82) is 0 Å². The maximum atomic E-state index is 10.8. The van der Waals surface area contributed by atoms with Gasteiger partial charge in [0.2, 0.25) is 0 Å². The van der Waals surface area contributed by atoms with Gasteiger partial charge in [-0.05, 0) is 46.9 Å². The molecule has 0 saturated carbocycles. The molecule has 4 nitrogen and oxygen atoms in total. The largest absolute Gasteiger partial charge is 0.493 e. The van der Waals surface area contributed by atoms with Gasteiger partial charge in [-0.2, -0.15) is 0 Å². The number of hydrogen-bond donors (Lipinski definition) is 1. The summed E-state index contributed by atoms with van der Waals surface area (Å²) in [5.74, 6) is 0.419. The van der Waals surface area contributed by atoms with Gasteiger partial charge in [-0.15, -0.1) is 0 Å². The standard InChI is InChI=1S/C26H24O4/c1-29-25-18-20(14-16-24(25)30-19-21-8-3-2-4-9-21)10-7-13-22-11-5-6-12-23(22)15-17-26(27)28/h2-12,14-18H,13,19H2,1H3,(H,27,28). The van der Waals surface area contributed by atoms with Gasteiger partial charge in [0, 0.05) is 6.08 Å². The van der Waals surface area contributed by atoms with Gasteiger partial charge in [0.25, 0.3) is 0 Å². The summed E-state index contributed by atoms with van der Waals surface area (Å²) < 4.78 is 11.4. The van der Waals surface area contributed by atoms with Crippen molar-refractivity contribution in [3.8, 4) is 11.5 Å². The quantitative estimate of drug-likeness (QED) is 0.473. The van der Waals surface area contributed by atoms with Crippen LogP contribution < -0.4 is 9.47 Å². The van der Waals surface area contributed by atoms with Gasteiger partial charge < -0.3 is 14.6 Å². The second kappa shape index (κ2) is 10.7. The van der Waals surface area contributed by atoms with Gasteiger partial charge in [0.15, 0.2) is 11.5 Å². The van der Waals surface area contributed by atoms with Crippen LogP contribution in [0.4, 0.5) is 0 Å². The molecule has 3 rings (SSSR count). The van der Waals surface area contributed by atoms with Gasteiger partial charge in [-0.25, -0.2) is 4.79 Å². The van der Waals surface area contributed by atoms with Crippen molar-refractivity contribution < 1.29 is 19.4 Å². The molecule has 3 aromatic rings. The Kier molecular flexibility index (Phi) is 7.45. The molecule has 30 heavy (non-hydrogen) atoms. The van der Waals surface area contributed by atoms with Crippen molar-refractivity contribution in [2.24, 2.45) is 0 Å². The third-order valence-corrected chi connectivity index (χ3v) is 4.53. The molecule has 152 valence electrons. The summed E-state index contributed by atoms with van der Waals surface area (Å²) in [6.07, 6.45) is 7.53. The summed E-state index contributed by atoms with van der Waals surface area (Å²) in [6, 6.07) is 23.6. The molecule has 0 amide bonds. The minimum atomic E-state index is -0.956. The topological polar surface area (TPSA) is 55.8 Å². The molecule has 4 heteroatoms. The van der Waals surface area contributed by atoms with Gasteiger partial charge in [-0.1, -0.05) is 72.8 Å². The molecule has 0 bridgehead atoms. The Morgan fingerprint density at radius 1 is 0.933 bits per heavy atom. The van der Waals surface area contributed by atoms with Crippen LogP contribution in [0.2, 0.25) is 0 Å². The zero-order valence-electron chi connectivity index (χ0n) is 16.8. The lowest BCUT2D eigenvalue weighted by Gasteiger charge is -2.11. The van der Waals surface area contributed by atoms with Gasteiger partial charge in [0.1, 0.15) is 6.61 Å². The molecule has 0 unspecified atom stereocenters. The Morgan fingerprint density at radius 2 is 1.70 bits per heavy atom. The molecule has 0 aliphatic carbocycles. The fourth-order valence-electron chi connectivity index (χ4n) is 3.01. The summed E-state index contributed by atoms with van der Waals surface area (Å²) in [5, 5.41) is 8.84. The molecule has 0 aromatic heterocycles. The average molecular weight is 400 g/mol. The van der Waals surface area contributed by atoms with E-state index in [0.717, 1.165) is 28.3 Å². The van der Waals surface area contributed by atoms with E-state index in [2.05, 4.69) is 0 Å². The highest BCUT2D eigenvalue weighted by molar-refractivity contribution is 5.85. The average Bonchev–Trinajstić information content (AvgIpc) is 2.78. The predicted molar refractivity (Wildman–Crippen MR) is 120 cm³/mol. The second-order valence-electron chi connectivity index (χ2n) is 6.66. The number of carboxylic acid groups (broad SMARTS) is 1. The Bertz CT molecular complexity index is 1040. The highest BCUT2D eigenvalue weighted by Crippen LogP contribution is 2.29. The van der Waals surface area contributed by atoms with E-state index in [9.17, 15) is 4.79 Å². The predicted octanol–water partition coefficient (Wildman–Crippen LogP) is 5.63. The first-order valence-corrected chi connectivity index (χ1v) is 9.66. The number of ether oxygens (including phenoxy) is 2. The zero-order chi connectivity index (χ0) is 21.2. The Balaban J connectivity index is 1.67. The van der Waals surface area contributed by atoms with Crippen LogP contribution in [0.25, 0.3) is 12.2 Å². The van der Waals surface area contributed by atoms with Crippen molar-refractivity contribution in [2.45, 2.75) is 13.0 Å². The van der Waals surface area contributed by atoms with Crippen LogP contribution in [0.1, 0.15) is 22.3 Å². The summed E-state index contributed by atoms with van der Waals surface area (Å²) in [7, 11) is 1.63. The molecule has 1 N–H and O–H groups in total. The molecule has 0 atom stereocenters. The number of allylic oxidation sites excluding steroid dienone is 1. The SMILES string of the molecule is COc1cc(C=CCc2ccccc2C=CC(=O)O)ccc1OCc1ccccc1. The monoisotopic (exact) mass is 400 g/mol. The lowest BCUT2D eigenvalue weighted by molar-refractivity contribution is -0.131. The number of aliphatic carboxylic acids is 1. The summed E-state index contributed by atoms with van der Waals surface area (Å²) >= 11 is 0. The van der Waals surface area contributed by atoms with Crippen molar-refractivity contribution in [3.05, 3.63) is 107 Å². The van der Waals surface area contributed by atoms with Gasteiger partial charge in [0.05, 0.1) is 7.11 Å². The van der Waals surface area contributed by atoms with E-state index in [0.29, 0.717) is 24.5 Å². The molecule has 0 fully saturated rings. The second-order valence-corrected chi connectivity index (χ2v) is 6.66. The molecule has 0 aliphatic heterocycles. The number of hydrogen-bond acceptors (Lipinski definition) is 3. The lowest BCUT2D eigenvalue weighted by Crippen LogP contribution is -1.97. The Hall–Kier alpha value is -3.79. The van der Waals surface area contributed by atoms with Crippen molar-refractivity contribution in [2.75, 3.05) is 7.11 Å². The summed E-state index contributed by atoms with van der Waals surface area (Å²) in [6.45, 7) is 0.479. The Labute approximate surface area is 176 Å². The van der Waals surface area contributed by atoms with Crippen LogP contribution >= 0.6 is 0 Å². The first kappa shape index (κ1) is 20.9. The van der Waals surface area contributed by atoms with Crippen LogP contribution in [-0.2, 0) is 17.8 Å². The lowest BCUT2D eigenvalue weighted by atomic mass is 10.0. The van der Waals surface area contributed by atoms with Crippen molar-refractivity contribution >= 4 is 18.1 Å². The van der Waals surface area contributed by atoms with E-state index in [1.807, 2.05) is 84.9 Å². The highest BCUT2D eigenvalue weighted by Gasteiger charge is 2.05. The van der Waals surface area contributed by atoms with Crippen LogP contribution in [0, 0.1) is 0 Å². The first-order valence-electron chi connectivity index (χ1n) is 9.66. The van der Waals surface area contributed by atoms with Gasteiger partial charge in [-0.3, -0.25) is 0 Å². The van der Waals surface area contributed by atoms with Crippen molar-refractivity contribution in [3.63, 3.8) is 0 Å². The minimum absolute atomic E-state index is 0.479. The third kappa shape index (κ3) is 6.11. The molecule has 0 heterocycles. The summed E-state index contributed by atoms with van der Waals surface area (Å²) in [4.78, 5) is 10.8. The maximum Gasteiger partial charge on any atom is 0.328 e. The van der Waals surface area contributed by atoms with Gasteiger partial charge >= 0.3 is 5.97 Å². The highest BCUT2D eigenvalue weighted by atomic mass is 16.5. The van der Waals surface area contributed by atoms with E-state index >= 15 is 0 Å². The number of carboxylic acids is 1. The van der Waals surface area contributed by atoms with E-state index in [4.69, 9.17) is 14.6 Å².